The lowest BCUT2D eigenvalue weighted by atomic mass is 10.3. The van der Waals surface area contributed by atoms with E-state index in [2.05, 4.69) is 32.3 Å². The molecule has 11 heavy (non-hydrogen) atoms. The number of rotatable bonds is 4. The Balaban J connectivity index is 4.25. The first-order chi connectivity index (χ1) is 5.00. The van der Waals surface area contributed by atoms with E-state index >= 15 is 0 Å². The topological polar surface area (TPSA) is 37.3 Å². The van der Waals surface area contributed by atoms with Gasteiger partial charge in [0.15, 0.2) is 0 Å². The summed E-state index contributed by atoms with van der Waals surface area (Å²) < 4.78 is 0. The summed E-state index contributed by atoms with van der Waals surface area (Å²) in [6, 6.07) is 0. The van der Waals surface area contributed by atoms with Crippen LogP contribution in [0.3, 0.4) is 0 Å². The highest BCUT2D eigenvalue weighted by Crippen LogP contribution is 2.21. The second-order valence-electron chi connectivity index (χ2n) is 2.62. The summed E-state index contributed by atoms with van der Waals surface area (Å²) in [5, 5.41) is 8.04. The fraction of sp³-hybridized carbons (Fsp3) is 0.571. The molecule has 0 bridgehead atoms. The van der Waals surface area contributed by atoms with Crippen LogP contribution in [0.5, 0.6) is 0 Å². The SMILES string of the molecule is C=CC(C(S)C(=O)O)[Si](C)C. The average molecular weight is 189 g/mol. The quantitative estimate of drug-likeness (QED) is 0.401. The summed E-state index contributed by atoms with van der Waals surface area (Å²) >= 11 is 3.99. The summed E-state index contributed by atoms with van der Waals surface area (Å²) in [7, 11) is -0.643. The number of aliphatic carboxylic acids is 1. The maximum atomic E-state index is 10.5. The molecule has 0 fully saturated rings. The van der Waals surface area contributed by atoms with Crippen LogP contribution in [0.25, 0.3) is 0 Å². The summed E-state index contributed by atoms with van der Waals surface area (Å²) in [6.07, 6.45) is 1.69. The maximum absolute atomic E-state index is 10.5. The predicted octanol–water partition coefficient (Wildman–Crippen LogP) is 1.68. The molecule has 63 valence electrons. The zero-order valence-electron chi connectivity index (χ0n) is 6.74. The third-order valence-corrected chi connectivity index (χ3v) is 4.24. The van der Waals surface area contributed by atoms with Crippen molar-refractivity contribution < 1.29 is 9.90 Å². The first kappa shape index (κ1) is 10.8. The molecule has 0 aromatic carbocycles. The van der Waals surface area contributed by atoms with Crippen molar-refractivity contribution in [2.45, 2.75) is 23.9 Å². The van der Waals surface area contributed by atoms with E-state index in [4.69, 9.17) is 5.11 Å². The van der Waals surface area contributed by atoms with E-state index < -0.39 is 20.0 Å². The second kappa shape index (κ2) is 4.61. The van der Waals surface area contributed by atoms with Gasteiger partial charge in [0, 0.05) is 0 Å². The Bertz CT molecular complexity index is 159. The van der Waals surface area contributed by atoms with Gasteiger partial charge in [0.2, 0.25) is 0 Å². The molecule has 0 spiro atoms. The molecule has 0 rings (SSSR count). The van der Waals surface area contributed by atoms with Gasteiger partial charge in [-0.05, 0) is 5.54 Å². The summed E-state index contributed by atoms with van der Waals surface area (Å²) in [6.45, 7) is 7.72. The minimum absolute atomic E-state index is 0.0424. The van der Waals surface area contributed by atoms with Crippen LogP contribution in [-0.4, -0.2) is 25.1 Å². The molecular formula is C7H13O2SSi. The molecule has 2 unspecified atom stereocenters. The van der Waals surface area contributed by atoms with Crippen molar-refractivity contribution in [3.63, 3.8) is 0 Å². The third-order valence-electron chi connectivity index (χ3n) is 1.51. The van der Waals surface area contributed by atoms with Crippen LogP contribution in [0.1, 0.15) is 0 Å². The molecule has 0 aliphatic rings. The van der Waals surface area contributed by atoms with E-state index in [9.17, 15) is 4.79 Å². The smallest absolute Gasteiger partial charge is 0.316 e. The van der Waals surface area contributed by atoms with Gasteiger partial charge in [-0.15, -0.1) is 6.58 Å². The molecule has 0 amide bonds. The Morgan fingerprint density at radius 2 is 2.18 bits per heavy atom. The van der Waals surface area contributed by atoms with E-state index in [0.29, 0.717) is 0 Å². The van der Waals surface area contributed by atoms with Gasteiger partial charge in [-0.3, -0.25) is 4.79 Å². The number of hydrogen-bond acceptors (Lipinski definition) is 2. The zero-order valence-corrected chi connectivity index (χ0v) is 8.64. The van der Waals surface area contributed by atoms with Gasteiger partial charge in [-0.1, -0.05) is 19.2 Å². The molecule has 1 N–H and O–H groups in total. The molecule has 0 saturated heterocycles. The summed E-state index contributed by atoms with van der Waals surface area (Å²) in [4.78, 5) is 10.5. The van der Waals surface area contributed by atoms with E-state index in [1.807, 2.05) is 0 Å². The normalized spacial score (nSPS) is 16.0. The minimum atomic E-state index is -0.857. The standard InChI is InChI=1S/C7H13O2SSi/c1-4-5(11(2)3)6(10)7(8)9/h4-6,10H,1H2,2-3H3,(H,8,9). The van der Waals surface area contributed by atoms with Crippen molar-refractivity contribution in [2.75, 3.05) is 0 Å². The molecule has 2 atom stereocenters. The first-order valence-electron chi connectivity index (χ1n) is 3.34. The highest BCUT2D eigenvalue weighted by molar-refractivity contribution is 7.82. The molecule has 2 nitrogen and oxygen atoms in total. The van der Waals surface area contributed by atoms with Gasteiger partial charge >= 0.3 is 5.97 Å². The van der Waals surface area contributed by atoms with Crippen LogP contribution in [0.15, 0.2) is 12.7 Å². The van der Waals surface area contributed by atoms with Crippen LogP contribution in [-0.2, 0) is 4.79 Å². The van der Waals surface area contributed by atoms with Gasteiger partial charge in [0.1, 0.15) is 5.25 Å². The lowest BCUT2D eigenvalue weighted by Gasteiger charge is -2.18. The molecule has 4 heteroatoms. The van der Waals surface area contributed by atoms with Crippen LogP contribution in [0.2, 0.25) is 18.6 Å². The monoisotopic (exact) mass is 189 g/mol. The highest BCUT2D eigenvalue weighted by atomic mass is 32.1. The van der Waals surface area contributed by atoms with Crippen molar-refractivity contribution in [3.05, 3.63) is 12.7 Å². The number of allylic oxidation sites excluding steroid dienone is 1. The number of carbonyl (C=O) groups is 1. The van der Waals surface area contributed by atoms with E-state index in [1.54, 1.807) is 6.08 Å². The van der Waals surface area contributed by atoms with E-state index in [0.717, 1.165) is 0 Å². The van der Waals surface area contributed by atoms with Gasteiger partial charge in [0.05, 0.1) is 8.80 Å². The van der Waals surface area contributed by atoms with E-state index in [1.165, 1.54) is 0 Å². The van der Waals surface area contributed by atoms with Gasteiger partial charge in [0.25, 0.3) is 0 Å². The maximum Gasteiger partial charge on any atom is 0.316 e. The fourth-order valence-corrected chi connectivity index (χ4v) is 3.10. The molecule has 1 radical (unpaired) electrons. The largest absolute Gasteiger partial charge is 0.480 e. The van der Waals surface area contributed by atoms with Crippen LogP contribution < -0.4 is 0 Å². The Morgan fingerprint density at radius 1 is 1.73 bits per heavy atom. The van der Waals surface area contributed by atoms with Gasteiger partial charge < -0.3 is 5.11 Å². The van der Waals surface area contributed by atoms with Crippen molar-refractivity contribution in [1.82, 2.24) is 0 Å². The molecule has 0 aliphatic heterocycles. The number of hydrogen-bond donors (Lipinski definition) is 2. The van der Waals surface area contributed by atoms with Gasteiger partial charge in [-0.2, -0.15) is 12.6 Å². The fourth-order valence-electron chi connectivity index (χ4n) is 0.834. The lowest BCUT2D eigenvalue weighted by molar-refractivity contribution is -0.136. The van der Waals surface area contributed by atoms with Crippen molar-refractivity contribution in [3.8, 4) is 0 Å². The Morgan fingerprint density at radius 3 is 2.27 bits per heavy atom. The minimum Gasteiger partial charge on any atom is -0.480 e. The van der Waals surface area contributed by atoms with Crippen LogP contribution >= 0.6 is 12.6 Å². The van der Waals surface area contributed by atoms with E-state index in [-0.39, 0.29) is 5.54 Å². The summed E-state index contributed by atoms with van der Waals surface area (Å²) in [5.74, 6) is -0.857. The van der Waals surface area contributed by atoms with Crippen LogP contribution in [0.4, 0.5) is 0 Å². The molecule has 0 aromatic rings. The number of carboxylic acid groups (broad SMARTS) is 1. The number of carboxylic acids is 1. The predicted molar refractivity (Wildman–Crippen MR) is 51.8 cm³/mol. The Hall–Kier alpha value is -0.223. The Kier molecular flexibility index (Phi) is 4.52. The lowest BCUT2D eigenvalue weighted by Crippen LogP contribution is -2.26. The average Bonchev–Trinajstić information content (AvgIpc) is 1.88. The molecule has 0 aromatic heterocycles. The van der Waals surface area contributed by atoms with Crippen molar-refractivity contribution >= 4 is 27.4 Å². The van der Waals surface area contributed by atoms with Crippen molar-refractivity contribution in [1.29, 1.82) is 0 Å². The second-order valence-corrected chi connectivity index (χ2v) is 6.00. The summed E-state index contributed by atoms with van der Waals surface area (Å²) in [5.41, 5.74) is 0.0424. The zero-order chi connectivity index (χ0) is 9.02. The van der Waals surface area contributed by atoms with Gasteiger partial charge in [-0.25, -0.2) is 0 Å². The van der Waals surface area contributed by atoms with Crippen LogP contribution in [0, 0.1) is 0 Å². The molecule has 0 aliphatic carbocycles. The highest BCUT2D eigenvalue weighted by Gasteiger charge is 2.24. The molecule has 0 heterocycles. The number of thiol groups is 1. The Labute approximate surface area is 74.3 Å². The molecular weight excluding hydrogens is 176 g/mol. The third kappa shape index (κ3) is 3.12. The first-order valence-corrected chi connectivity index (χ1v) is 6.43. The van der Waals surface area contributed by atoms with Crippen molar-refractivity contribution in [2.24, 2.45) is 0 Å². The molecule has 0 saturated carbocycles.